The summed E-state index contributed by atoms with van der Waals surface area (Å²) in [5.74, 6) is 2.91. The van der Waals surface area contributed by atoms with Crippen LogP contribution in [0.1, 0.15) is 64.2 Å². The van der Waals surface area contributed by atoms with Gasteiger partial charge >= 0.3 is 0 Å². The van der Waals surface area contributed by atoms with E-state index in [2.05, 4.69) is 23.9 Å². The van der Waals surface area contributed by atoms with E-state index >= 15 is 0 Å². The van der Waals surface area contributed by atoms with Gasteiger partial charge in [0.15, 0.2) is 0 Å². The minimum Gasteiger partial charge on any atom is -0.325 e. The van der Waals surface area contributed by atoms with Gasteiger partial charge in [-0.2, -0.15) is 5.10 Å². The van der Waals surface area contributed by atoms with Gasteiger partial charge in [-0.05, 0) is 51.4 Å². The Labute approximate surface area is 115 Å². The molecule has 2 unspecified atom stereocenters. The van der Waals surface area contributed by atoms with Gasteiger partial charge in [0, 0.05) is 18.0 Å². The molecule has 2 N–H and O–H groups in total. The van der Waals surface area contributed by atoms with Crippen LogP contribution in [0.25, 0.3) is 0 Å². The molecule has 2 fully saturated rings. The quantitative estimate of drug-likeness (QED) is 0.907. The van der Waals surface area contributed by atoms with Crippen molar-refractivity contribution in [2.45, 2.75) is 70.4 Å². The van der Waals surface area contributed by atoms with Crippen molar-refractivity contribution in [3.8, 4) is 0 Å². The molecule has 2 atom stereocenters. The van der Waals surface area contributed by atoms with Gasteiger partial charge in [-0.15, -0.1) is 0 Å². The van der Waals surface area contributed by atoms with Crippen LogP contribution < -0.4 is 5.73 Å². The fourth-order valence-corrected chi connectivity index (χ4v) is 3.72. The molecule has 0 saturated heterocycles. The van der Waals surface area contributed by atoms with Gasteiger partial charge in [0.05, 0.1) is 0 Å². The van der Waals surface area contributed by atoms with Gasteiger partial charge < -0.3 is 5.73 Å². The third-order valence-corrected chi connectivity index (χ3v) is 4.85. The molecular formula is C15H26N4. The lowest BCUT2D eigenvalue weighted by atomic mass is 9.72. The molecule has 0 aromatic carbocycles. The van der Waals surface area contributed by atoms with E-state index in [0.29, 0.717) is 6.04 Å². The van der Waals surface area contributed by atoms with E-state index in [-0.39, 0.29) is 5.54 Å². The second-order valence-corrected chi connectivity index (χ2v) is 6.95. The topological polar surface area (TPSA) is 56.7 Å². The molecular weight excluding hydrogens is 236 g/mol. The second-order valence-electron chi connectivity index (χ2n) is 6.95. The molecule has 1 heterocycles. The molecule has 4 heteroatoms. The first-order chi connectivity index (χ1) is 9.07. The zero-order chi connectivity index (χ0) is 13.5. The minimum atomic E-state index is -0.0504. The number of hydrogen-bond donors (Lipinski definition) is 1. The summed E-state index contributed by atoms with van der Waals surface area (Å²) in [6, 6.07) is 0.365. The van der Waals surface area contributed by atoms with Crippen LogP contribution in [-0.2, 0) is 6.42 Å². The maximum atomic E-state index is 6.69. The molecule has 1 aromatic heterocycles. The van der Waals surface area contributed by atoms with Gasteiger partial charge in [0.2, 0.25) is 0 Å². The zero-order valence-corrected chi connectivity index (χ0v) is 12.2. The maximum Gasteiger partial charge on any atom is 0.138 e. The van der Waals surface area contributed by atoms with Gasteiger partial charge in [-0.25, -0.2) is 9.67 Å². The van der Waals surface area contributed by atoms with Crippen LogP contribution in [0, 0.1) is 11.8 Å². The molecule has 1 aromatic rings. The zero-order valence-electron chi connectivity index (χ0n) is 12.2. The molecule has 0 spiro atoms. The monoisotopic (exact) mass is 262 g/mol. The van der Waals surface area contributed by atoms with Crippen molar-refractivity contribution in [1.29, 1.82) is 0 Å². The summed E-state index contributed by atoms with van der Waals surface area (Å²) >= 11 is 0. The van der Waals surface area contributed by atoms with Gasteiger partial charge in [0.1, 0.15) is 12.2 Å². The standard InChI is InChI=1S/C15H26N4/c1-11(2)19-14(17-10-18-19)9-15(16)7-3-4-13(8-15)12-5-6-12/h10-13H,3-9,16H2,1-2H3. The molecule has 2 aliphatic carbocycles. The summed E-state index contributed by atoms with van der Waals surface area (Å²) in [7, 11) is 0. The molecule has 0 aliphatic heterocycles. The van der Waals surface area contributed by atoms with Crippen LogP contribution in [0.15, 0.2) is 6.33 Å². The van der Waals surface area contributed by atoms with Crippen molar-refractivity contribution < 1.29 is 0 Å². The first-order valence-electron chi connectivity index (χ1n) is 7.75. The van der Waals surface area contributed by atoms with Gasteiger partial charge in [-0.1, -0.05) is 12.8 Å². The Hall–Kier alpha value is -0.900. The normalized spacial score (nSPS) is 31.9. The van der Waals surface area contributed by atoms with Crippen molar-refractivity contribution in [2.75, 3.05) is 0 Å². The van der Waals surface area contributed by atoms with E-state index in [1.807, 2.05) is 4.68 Å². The first-order valence-corrected chi connectivity index (χ1v) is 7.75. The molecule has 0 bridgehead atoms. The summed E-state index contributed by atoms with van der Waals surface area (Å²) in [5, 5.41) is 4.33. The minimum absolute atomic E-state index is 0.0504. The van der Waals surface area contributed by atoms with E-state index in [9.17, 15) is 0 Å². The number of aromatic nitrogens is 3. The van der Waals surface area contributed by atoms with Crippen molar-refractivity contribution in [1.82, 2.24) is 14.8 Å². The molecule has 106 valence electrons. The second kappa shape index (κ2) is 4.89. The summed E-state index contributed by atoms with van der Waals surface area (Å²) < 4.78 is 2.02. The van der Waals surface area contributed by atoms with Crippen molar-refractivity contribution in [3.63, 3.8) is 0 Å². The van der Waals surface area contributed by atoms with Crippen LogP contribution in [0.5, 0.6) is 0 Å². The highest BCUT2D eigenvalue weighted by Gasteiger charge is 2.40. The van der Waals surface area contributed by atoms with E-state index in [1.165, 1.54) is 32.1 Å². The van der Waals surface area contributed by atoms with Crippen LogP contribution in [0.2, 0.25) is 0 Å². The molecule has 0 amide bonds. The van der Waals surface area contributed by atoms with Gasteiger partial charge in [-0.3, -0.25) is 0 Å². The first kappa shape index (κ1) is 13.1. The molecule has 3 rings (SSSR count). The van der Waals surface area contributed by atoms with E-state index in [1.54, 1.807) is 6.33 Å². The van der Waals surface area contributed by atoms with Crippen LogP contribution >= 0.6 is 0 Å². The van der Waals surface area contributed by atoms with Crippen molar-refractivity contribution in [2.24, 2.45) is 17.6 Å². The molecule has 2 aliphatic rings. The van der Waals surface area contributed by atoms with E-state index in [0.717, 1.165) is 30.5 Å². The van der Waals surface area contributed by atoms with E-state index < -0.39 is 0 Å². The lowest BCUT2D eigenvalue weighted by Crippen LogP contribution is -2.47. The number of rotatable bonds is 4. The highest BCUT2D eigenvalue weighted by atomic mass is 15.3. The summed E-state index contributed by atoms with van der Waals surface area (Å²) in [6.45, 7) is 4.30. The predicted octanol–water partition coefficient (Wildman–Crippen LogP) is 2.70. The fraction of sp³-hybridized carbons (Fsp3) is 0.867. The highest BCUT2D eigenvalue weighted by molar-refractivity contribution is 5.02. The molecule has 2 saturated carbocycles. The Morgan fingerprint density at radius 3 is 2.84 bits per heavy atom. The van der Waals surface area contributed by atoms with Crippen LogP contribution in [0.4, 0.5) is 0 Å². The largest absolute Gasteiger partial charge is 0.325 e. The maximum absolute atomic E-state index is 6.69. The summed E-state index contributed by atoms with van der Waals surface area (Å²) in [5.41, 5.74) is 6.64. The molecule has 4 nitrogen and oxygen atoms in total. The van der Waals surface area contributed by atoms with Crippen molar-refractivity contribution >= 4 is 0 Å². The fourth-order valence-electron chi connectivity index (χ4n) is 3.72. The average Bonchev–Trinajstić information content (AvgIpc) is 3.10. The van der Waals surface area contributed by atoms with Crippen molar-refractivity contribution in [3.05, 3.63) is 12.2 Å². The third kappa shape index (κ3) is 2.83. The summed E-state index contributed by atoms with van der Waals surface area (Å²) in [4.78, 5) is 4.43. The van der Waals surface area contributed by atoms with Crippen LogP contribution in [0.3, 0.4) is 0 Å². The number of hydrogen-bond acceptors (Lipinski definition) is 3. The SMILES string of the molecule is CC(C)n1ncnc1CC1(N)CCCC(C2CC2)C1. The molecule has 0 radical (unpaired) electrons. The Morgan fingerprint density at radius 2 is 2.16 bits per heavy atom. The smallest absolute Gasteiger partial charge is 0.138 e. The number of nitrogens with zero attached hydrogens (tertiary/aromatic N) is 3. The number of nitrogens with two attached hydrogens (primary N) is 1. The van der Waals surface area contributed by atoms with Crippen LogP contribution in [-0.4, -0.2) is 20.3 Å². The molecule has 19 heavy (non-hydrogen) atoms. The summed E-state index contributed by atoms with van der Waals surface area (Å²) in [6.07, 6.45) is 10.4. The Bertz CT molecular complexity index is 435. The lowest BCUT2D eigenvalue weighted by molar-refractivity contribution is 0.199. The Morgan fingerprint density at radius 1 is 1.37 bits per heavy atom. The highest BCUT2D eigenvalue weighted by Crippen LogP contribution is 2.46. The van der Waals surface area contributed by atoms with Gasteiger partial charge in [0.25, 0.3) is 0 Å². The Kier molecular flexibility index (Phi) is 3.37. The predicted molar refractivity (Wildman–Crippen MR) is 75.7 cm³/mol. The van der Waals surface area contributed by atoms with E-state index in [4.69, 9.17) is 5.73 Å². The Balaban J connectivity index is 1.71. The lowest BCUT2D eigenvalue weighted by Gasteiger charge is -2.38. The third-order valence-electron chi connectivity index (χ3n) is 4.85. The average molecular weight is 262 g/mol.